The molecular weight excluding hydrogens is 372 g/mol. The summed E-state index contributed by atoms with van der Waals surface area (Å²) < 4.78 is 22.9. The molecule has 0 radical (unpaired) electrons. The smallest absolute Gasteiger partial charge is 0.184 e. The van der Waals surface area contributed by atoms with Gasteiger partial charge in [0.2, 0.25) is 0 Å². The molecule has 3 rings (SSSR count). The van der Waals surface area contributed by atoms with Gasteiger partial charge in [-0.15, -0.1) is 6.58 Å². The van der Waals surface area contributed by atoms with Gasteiger partial charge in [-0.3, -0.25) is 0 Å². The van der Waals surface area contributed by atoms with Gasteiger partial charge in [0.1, 0.15) is 24.4 Å². The lowest BCUT2D eigenvalue weighted by Gasteiger charge is -2.42. The molecule has 0 amide bonds. The van der Waals surface area contributed by atoms with Crippen molar-refractivity contribution < 1.29 is 29.2 Å². The highest BCUT2D eigenvalue weighted by atomic mass is 16.7. The van der Waals surface area contributed by atoms with Gasteiger partial charge >= 0.3 is 0 Å². The average molecular weight is 400 g/mol. The van der Waals surface area contributed by atoms with Crippen LogP contribution in [0.15, 0.2) is 73.3 Å². The molecule has 5 atom stereocenters. The quantitative estimate of drug-likeness (QED) is 0.597. The Morgan fingerprint density at radius 3 is 2.10 bits per heavy atom. The van der Waals surface area contributed by atoms with Gasteiger partial charge < -0.3 is 29.2 Å². The second-order valence-electron chi connectivity index (χ2n) is 6.90. The fraction of sp³-hybridized carbons (Fsp3) is 0.391. The van der Waals surface area contributed by atoms with Crippen LogP contribution in [-0.4, -0.2) is 54.1 Å². The number of benzene rings is 2. The van der Waals surface area contributed by atoms with Gasteiger partial charge in [-0.25, -0.2) is 0 Å². The molecule has 2 N–H and O–H groups in total. The molecule has 1 saturated heterocycles. The Balaban J connectivity index is 1.59. The summed E-state index contributed by atoms with van der Waals surface area (Å²) in [4.78, 5) is 0. The highest BCUT2D eigenvalue weighted by Crippen LogP contribution is 2.26. The van der Waals surface area contributed by atoms with Crippen LogP contribution < -0.4 is 0 Å². The van der Waals surface area contributed by atoms with Gasteiger partial charge in [-0.05, 0) is 11.1 Å². The normalized spacial score (nSPS) is 26.9. The van der Waals surface area contributed by atoms with Crippen LogP contribution in [0.5, 0.6) is 0 Å². The van der Waals surface area contributed by atoms with E-state index in [-0.39, 0.29) is 19.8 Å². The third-order valence-corrected chi connectivity index (χ3v) is 4.72. The molecule has 0 unspecified atom stereocenters. The number of hydrogen-bond acceptors (Lipinski definition) is 6. The van der Waals surface area contributed by atoms with Crippen LogP contribution in [0, 0.1) is 0 Å². The molecule has 0 aromatic heterocycles. The summed E-state index contributed by atoms with van der Waals surface area (Å²) >= 11 is 0. The number of aliphatic hydroxyl groups is 2. The van der Waals surface area contributed by atoms with E-state index in [4.69, 9.17) is 18.9 Å². The zero-order chi connectivity index (χ0) is 20.5. The molecule has 1 aliphatic rings. The first-order valence-corrected chi connectivity index (χ1v) is 9.70. The molecule has 6 nitrogen and oxygen atoms in total. The van der Waals surface area contributed by atoms with Crippen LogP contribution >= 0.6 is 0 Å². The van der Waals surface area contributed by atoms with Crippen LogP contribution in [0.2, 0.25) is 0 Å². The fourth-order valence-corrected chi connectivity index (χ4v) is 3.23. The Bertz CT molecular complexity index is 723. The largest absolute Gasteiger partial charge is 0.387 e. The predicted octanol–water partition coefficient (Wildman–Crippen LogP) is 2.44. The van der Waals surface area contributed by atoms with Crippen molar-refractivity contribution in [2.45, 2.75) is 43.9 Å². The third kappa shape index (κ3) is 6.21. The summed E-state index contributed by atoms with van der Waals surface area (Å²) in [7, 11) is 0. The maximum Gasteiger partial charge on any atom is 0.184 e. The predicted molar refractivity (Wildman–Crippen MR) is 108 cm³/mol. The summed E-state index contributed by atoms with van der Waals surface area (Å²) in [6.45, 7) is 4.63. The van der Waals surface area contributed by atoms with Gasteiger partial charge in [0.05, 0.1) is 26.4 Å². The van der Waals surface area contributed by atoms with Crippen LogP contribution in [0.25, 0.3) is 0 Å². The first kappa shape index (κ1) is 21.6. The van der Waals surface area contributed by atoms with Gasteiger partial charge in [0.15, 0.2) is 6.29 Å². The van der Waals surface area contributed by atoms with E-state index < -0.39 is 30.7 Å². The lowest BCUT2D eigenvalue weighted by molar-refractivity contribution is -0.306. The minimum atomic E-state index is -1.25. The van der Waals surface area contributed by atoms with Crippen LogP contribution in [0.3, 0.4) is 0 Å². The molecule has 2 aromatic rings. The Morgan fingerprint density at radius 2 is 1.48 bits per heavy atom. The molecule has 0 spiro atoms. The van der Waals surface area contributed by atoms with Crippen molar-refractivity contribution >= 4 is 0 Å². The first-order valence-electron chi connectivity index (χ1n) is 9.70. The lowest BCUT2D eigenvalue weighted by atomic mass is 9.98. The zero-order valence-corrected chi connectivity index (χ0v) is 16.3. The molecule has 0 saturated carbocycles. The molecule has 0 bridgehead atoms. The Labute approximate surface area is 171 Å². The van der Waals surface area contributed by atoms with Crippen molar-refractivity contribution in [2.75, 3.05) is 13.2 Å². The summed E-state index contributed by atoms with van der Waals surface area (Å²) in [6.07, 6.45) is -3.03. The molecule has 156 valence electrons. The number of ether oxygens (including phenoxy) is 4. The van der Waals surface area contributed by atoms with E-state index in [2.05, 4.69) is 6.58 Å². The summed E-state index contributed by atoms with van der Waals surface area (Å²) in [5.41, 5.74) is 1.96. The van der Waals surface area contributed by atoms with Crippen molar-refractivity contribution in [3.05, 3.63) is 84.4 Å². The average Bonchev–Trinajstić information content (AvgIpc) is 2.75. The maximum atomic E-state index is 10.8. The molecule has 29 heavy (non-hydrogen) atoms. The molecular formula is C23H28O6. The van der Waals surface area contributed by atoms with Crippen LogP contribution in [0.4, 0.5) is 0 Å². The van der Waals surface area contributed by atoms with E-state index in [1.807, 2.05) is 60.7 Å². The fourth-order valence-electron chi connectivity index (χ4n) is 3.23. The second-order valence-corrected chi connectivity index (χ2v) is 6.90. The topological polar surface area (TPSA) is 77.4 Å². The highest BCUT2D eigenvalue weighted by Gasteiger charge is 2.46. The maximum absolute atomic E-state index is 10.8. The summed E-state index contributed by atoms with van der Waals surface area (Å²) in [5.74, 6) is 0. The van der Waals surface area contributed by atoms with E-state index in [0.29, 0.717) is 6.61 Å². The Morgan fingerprint density at radius 1 is 0.862 bits per heavy atom. The van der Waals surface area contributed by atoms with E-state index >= 15 is 0 Å². The highest BCUT2D eigenvalue weighted by molar-refractivity contribution is 5.14. The van der Waals surface area contributed by atoms with Gasteiger partial charge in [-0.2, -0.15) is 0 Å². The molecule has 1 fully saturated rings. The van der Waals surface area contributed by atoms with E-state index in [0.717, 1.165) is 11.1 Å². The monoisotopic (exact) mass is 400 g/mol. The van der Waals surface area contributed by atoms with Gasteiger partial charge in [-0.1, -0.05) is 66.7 Å². The van der Waals surface area contributed by atoms with E-state index in [9.17, 15) is 10.2 Å². The first-order chi connectivity index (χ1) is 14.2. The molecule has 2 aromatic carbocycles. The van der Waals surface area contributed by atoms with Crippen molar-refractivity contribution in [2.24, 2.45) is 0 Å². The van der Waals surface area contributed by atoms with Crippen LogP contribution in [-0.2, 0) is 32.2 Å². The Hall–Kier alpha value is -2.06. The number of aliphatic hydroxyl groups excluding tert-OH is 2. The minimum absolute atomic E-state index is 0.118. The summed E-state index contributed by atoms with van der Waals surface area (Å²) in [6, 6.07) is 19.3. The van der Waals surface area contributed by atoms with E-state index in [1.54, 1.807) is 6.08 Å². The molecule has 1 aliphatic heterocycles. The van der Waals surface area contributed by atoms with E-state index in [1.165, 1.54) is 0 Å². The van der Waals surface area contributed by atoms with Crippen molar-refractivity contribution in [3.63, 3.8) is 0 Å². The number of rotatable bonds is 10. The molecule has 1 heterocycles. The van der Waals surface area contributed by atoms with Gasteiger partial charge in [0.25, 0.3) is 0 Å². The zero-order valence-electron chi connectivity index (χ0n) is 16.3. The minimum Gasteiger partial charge on any atom is -0.387 e. The van der Waals surface area contributed by atoms with Crippen molar-refractivity contribution in [1.29, 1.82) is 0 Å². The van der Waals surface area contributed by atoms with Gasteiger partial charge in [0, 0.05) is 0 Å². The Kier molecular flexibility index (Phi) is 8.37. The lowest BCUT2D eigenvalue weighted by Crippen LogP contribution is -2.60. The molecule has 0 aliphatic carbocycles. The second kappa shape index (κ2) is 11.2. The number of hydrogen-bond donors (Lipinski definition) is 2. The molecule has 6 heteroatoms. The SMILES string of the molecule is C=CCO[C@H]1[C@H](O)[C@@H](COCc2ccccc2)O[C@H](O)[C@H]1OCc1ccccc1. The summed E-state index contributed by atoms with van der Waals surface area (Å²) in [5, 5.41) is 21.3. The van der Waals surface area contributed by atoms with Crippen LogP contribution in [0.1, 0.15) is 11.1 Å². The van der Waals surface area contributed by atoms with Crippen molar-refractivity contribution in [3.8, 4) is 0 Å². The third-order valence-electron chi connectivity index (χ3n) is 4.72. The standard InChI is InChI=1S/C23H28O6/c1-2-13-27-21-20(24)19(16-26-14-17-9-5-3-6-10-17)29-23(25)22(21)28-15-18-11-7-4-8-12-18/h2-12,19-25H,1,13-16H2/t19-,20-,21+,22+,23+/m1/s1. The van der Waals surface area contributed by atoms with Crippen molar-refractivity contribution in [1.82, 2.24) is 0 Å².